The lowest BCUT2D eigenvalue weighted by atomic mass is 10.2. The fraction of sp³-hybridized carbons (Fsp3) is 0.0769. The van der Waals surface area contributed by atoms with Crippen molar-refractivity contribution < 1.29 is 4.39 Å². The van der Waals surface area contributed by atoms with Crippen molar-refractivity contribution >= 4 is 38.9 Å². The molecule has 0 heterocycles. The molecule has 0 aromatic heterocycles. The van der Waals surface area contributed by atoms with E-state index in [-0.39, 0.29) is 5.02 Å². The van der Waals surface area contributed by atoms with Crippen molar-refractivity contribution in [2.45, 2.75) is 6.54 Å². The number of hydrogen-bond donors (Lipinski definition) is 2. The molecule has 3 N–H and O–H groups in total. The molecule has 0 bridgehead atoms. The lowest BCUT2D eigenvalue weighted by Crippen LogP contribution is -2.03. The molecule has 2 rings (SSSR count). The van der Waals surface area contributed by atoms with Gasteiger partial charge in [-0.15, -0.1) is 0 Å². The van der Waals surface area contributed by atoms with Crippen molar-refractivity contribution in [1.82, 2.24) is 0 Å². The van der Waals surface area contributed by atoms with Crippen molar-refractivity contribution in [3.05, 3.63) is 57.3 Å². The summed E-state index contributed by atoms with van der Waals surface area (Å²) in [5, 5.41) is 3.11. The Kier molecular flexibility index (Phi) is 4.09. The Morgan fingerprint density at radius 1 is 1.28 bits per heavy atom. The predicted molar refractivity (Wildman–Crippen MR) is 77.3 cm³/mol. The number of nitrogens with two attached hydrogens (primary N) is 1. The van der Waals surface area contributed by atoms with Gasteiger partial charge in [-0.2, -0.15) is 0 Å². The third-order valence-corrected chi connectivity index (χ3v) is 3.25. The largest absolute Gasteiger partial charge is 0.397 e. The molecule has 0 aliphatic carbocycles. The van der Waals surface area contributed by atoms with Crippen LogP contribution in [-0.4, -0.2) is 0 Å². The van der Waals surface area contributed by atoms with Crippen LogP contribution in [0.25, 0.3) is 0 Å². The predicted octanol–water partition coefficient (Wildman–Crippen LogP) is 4.44. The SMILES string of the molecule is Nc1cc(Cl)c(F)cc1NCc1cccc(Br)c1. The summed E-state index contributed by atoms with van der Waals surface area (Å²) < 4.78 is 14.3. The molecular formula is C13H11BrClFN2. The molecule has 0 spiro atoms. The molecule has 0 atom stereocenters. The molecule has 0 fully saturated rings. The molecule has 0 amide bonds. The van der Waals surface area contributed by atoms with Gasteiger partial charge in [0, 0.05) is 17.1 Å². The van der Waals surface area contributed by atoms with Gasteiger partial charge >= 0.3 is 0 Å². The van der Waals surface area contributed by atoms with E-state index in [4.69, 9.17) is 17.3 Å². The molecular weight excluding hydrogens is 319 g/mol. The van der Waals surface area contributed by atoms with Crippen molar-refractivity contribution in [1.29, 1.82) is 0 Å². The van der Waals surface area contributed by atoms with Gasteiger partial charge in [0.05, 0.1) is 16.4 Å². The first kappa shape index (κ1) is 13.2. The zero-order chi connectivity index (χ0) is 13.1. The third-order valence-electron chi connectivity index (χ3n) is 2.46. The van der Waals surface area contributed by atoms with E-state index in [0.29, 0.717) is 17.9 Å². The number of hydrogen-bond acceptors (Lipinski definition) is 2. The molecule has 18 heavy (non-hydrogen) atoms. The molecule has 0 saturated carbocycles. The molecule has 94 valence electrons. The summed E-state index contributed by atoms with van der Waals surface area (Å²) in [4.78, 5) is 0. The van der Waals surface area contributed by atoms with Crippen LogP contribution in [0.1, 0.15) is 5.56 Å². The van der Waals surface area contributed by atoms with Crippen LogP contribution in [-0.2, 0) is 6.54 Å². The van der Waals surface area contributed by atoms with E-state index in [1.165, 1.54) is 12.1 Å². The highest BCUT2D eigenvalue weighted by molar-refractivity contribution is 9.10. The molecule has 5 heteroatoms. The Morgan fingerprint density at radius 2 is 2.06 bits per heavy atom. The van der Waals surface area contributed by atoms with E-state index < -0.39 is 5.82 Å². The fourth-order valence-corrected chi connectivity index (χ4v) is 2.18. The normalized spacial score (nSPS) is 10.4. The third kappa shape index (κ3) is 3.15. The van der Waals surface area contributed by atoms with Crippen molar-refractivity contribution in [2.24, 2.45) is 0 Å². The van der Waals surface area contributed by atoms with Gasteiger partial charge in [0.2, 0.25) is 0 Å². The Balaban J connectivity index is 2.13. The topological polar surface area (TPSA) is 38.0 Å². The number of rotatable bonds is 3. The lowest BCUT2D eigenvalue weighted by molar-refractivity contribution is 0.629. The van der Waals surface area contributed by atoms with Gasteiger partial charge in [0.15, 0.2) is 0 Å². The number of nitrogens with one attached hydrogen (secondary N) is 1. The first-order chi connectivity index (χ1) is 8.56. The monoisotopic (exact) mass is 328 g/mol. The van der Waals surface area contributed by atoms with E-state index in [1.807, 2.05) is 24.3 Å². The lowest BCUT2D eigenvalue weighted by Gasteiger charge is -2.10. The average molecular weight is 330 g/mol. The van der Waals surface area contributed by atoms with Gasteiger partial charge in [-0.25, -0.2) is 4.39 Å². The minimum absolute atomic E-state index is 0.0282. The van der Waals surface area contributed by atoms with Crippen LogP contribution in [0.4, 0.5) is 15.8 Å². The van der Waals surface area contributed by atoms with E-state index in [2.05, 4.69) is 21.2 Å². The van der Waals surface area contributed by atoms with Crippen LogP contribution in [0.15, 0.2) is 40.9 Å². The van der Waals surface area contributed by atoms with Crippen LogP contribution < -0.4 is 11.1 Å². The summed E-state index contributed by atoms with van der Waals surface area (Å²) >= 11 is 9.03. The maximum absolute atomic E-state index is 13.3. The Labute approximate surface area is 118 Å². The number of nitrogen functional groups attached to an aromatic ring is 1. The highest BCUT2D eigenvalue weighted by Gasteiger charge is 2.06. The number of benzene rings is 2. The van der Waals surface area contributed by atoms with E-state index in [9.17, 15) is 4.39 Å². The van der Waals surface area contributed by atoms with Gasteiger partial charge in [-0.3, -0.25) is 0 Å². The second-order valence-electron chi connectivity index (χ2n) is 3.84. The van der Waals surface area contributed by atoms with Gasteiger partial charge in [0.25, 0.3) is 0 Å². The number of anilines is 2. The summed E-state index contributed by atoms with van der Waals surface area (Å²) in [6, 6.07) is 10.5. The Morgan fingerprint density at radius 3 is 2.78 bits per heavy atom. The minimum Gasteiger partial charge on any atom is -0.397 e. The zero-order valence-corrected chi connectivity index (χ0v) is 11.7. The molecule has 0 radical (unpaired) electrons. The zero-order valence-electron chi connectivity index (χ0n) is 9.38. The van der Waals surface area contributed by atoms with E-state index >= 15 is 0 Å². The Hall–Kier alpha value is -1.26. The van der Waals surface area contributed by atoms with Gasteiger partial charge in [-0.05, 0) is 23.8 Å². The van der Waals surface area contributed by atoms with Crippen LogP contribution in [0, 0.1) is 5.82 Å². The molecule has 0 aliphatic rings. The highest BCUT2D eigenvalue weighted by Crippen LogP contribution is 2.26. The molecule has 0 unspecified atom stereocenters. The van der Waals surface area contributed by atoms with Gasteiger partial charge in [0.1, 0.15) is 5.82 Å². The molecule has 2 aromatic carbocycles. The first-order valence-electron chi connectivity index (χ1n) is 5.29. The van der Waals surface area contributed by atoms with Crippen LogP contribution in [0.3, 0.4) is 0 Å². The summed E-state index contributed by atoms with van der Waals surface area (Å²) in [6.07, 6.45) is 0. The summed E-state index contributed by atoms with van der Waals surface area (Å²) in [7, 11) is 0. The van der Waals surface area contributed by atoms with Crippen LogP contribution >= 0.6 is 27.5 Å². The maximum Gasteiger partial charge on any atom is 0.143 e. The van der Waals surface area contributed by atoms with Gasteiger partial charge < -0.3 is 11.1 Å². The van der Waals surface area contributed by atoms with Crippen LogP contribution in [0.5, 0.6) is 0 Å². The summed E-state index contributed by atoms with van der Waals surface area (Å²) in [5.41, 5.74) is 7.80. The minimum atomic E-state index is -0.484. The van der Waals surface area contributed by atoms with Crippen molar-refractivity contribution in [2.75, 3.05) is 11.1 Å². The van der Waals surface area contributed by atoms with Gasteiger partial charge in [-0.1, -0.05) is 39.7 Å². The first-order valence-corrected chi connectivity index (χ1v) is 6.46. The van der Waals surface area contributed by atoms with Crippen LogP contribution in [0.2, 0.25) is 5.02 Å². The quantitative estimate of drug-likeness (QED) is 0.817. The number of halogens is 3. The second-order valence-corrected chi connectivity index (χ2v) is 5.16. The highest BCUT2D eigenvalue weighted by atomic mass is 79.9. The average Bonchev–Trinajstić information content (AvgIpc) is 2.32. The molecule has 2 nitrogen and oxygen atoms in total. The Bertz CT molecular complexity index is 575. The molecule has 0 aliphatic heterocycles. The molecule has 2 aromatic rings. The smallest absolute Gasteiger partial charge is 0.143 e. The second kappa shape index (κ2) is 5.59. The fourth-order valence-electron chi connectivity index (χ4n) is 1.56. The summed E-state index contributed by atoms with van der Waals surface area (Å²) in [5.74, 6) is -0.484. The van der Waals surface area contributed by atoms with Crippen molar-refractivity contribution in [3.8, 4) is 0 Å². The maximum atomic E-state index is 13.3. The van der Waals surface area contributed by atoms with E-state index in [1.54, 1.807) is 0 Å². The van der Waals surface area contributed by atoms with Crippen molar-refractivity contribution in [3.63, 3.8) is 0 Å². The van der Waals surface area contributed by atoms with E-state index in [0.717, 1.165) is 10.0 Å². The molecule has 0 saturated heterocycles. The summed E-state index contributed by atoms with van der Waals surface area (Å²) in [6.45, 7) is 0.560. The standard InChI is InChI=1S/C13H11BrClFN2/c14-9-3-1-2-8(4-9)7-18-13-6-11(16)10(15)5-12(13)17/h1-6,18H,7,17H2.